The maximum Gasteiger partial charge on any atom is 0.128 e. The Morgan fingerprint density at radius 2 is 1.90 bits per heavy atom. The van der Waals surface area contributed by atoms with Crippen LogP contribution in [0.15, 0.2) is 12.1 Å². The van der Waals surface area contributed by atoms with E-state index in [1.54, 1.807) is 6.92 Å². The van der Waals surface area contributed by atoms with Crippen LogP contribution in [-0.2, 0) is 0 Å². The van der Waals surface area contributed by atoms with Crippen LogP contribution in [0.4, 0.5) is 15.8 Å². The summed E-state index contributed by atoms with van der Waals surface area (Å²) in [4.78, 5) is 2.33. The zero-order valence-electron chi connectivity index (χ0n) is 13.2. The number of halogens is 1. The van der Waals surface area contributed by atoms with Gasteiger partial charge in [0.2, 0.25) is 0 Å². The molecule has 112 valence electrons. The van der Waals surface area contributed by atoms with Crippen molar-refractivity contribution in [3.8, 4) is 0 Å². The number of hydrogen-bond acceptors (Lipinski definition) is 2. The van der Waals surface area contributed by atoms with E-state index >= 15 is 0 Å². The van der Waals surface area contributed by atoms with E-state index in [2.05, 4.69) is 25.7 Å². The van der Waals surface area contributed by atoms with Crippen molar-refractivity contribution in [1.29, 1.82) is 0 Å². The molecule has 1 aliphatic heterocycles. The Balaban J connectivity index is 2.17. The van der Waals surface area contributed by atoms with Crippen molar-refractivity contribution in [3.05, 3.63) is 23.5 Å². The van der Waals surface area contributed by atoms with E-state index in [1.807, 2.05) is 6.07 Å². The molecule has 2 rings (SSSR count). The first-order valence-electron chi connectivity index (χ1n) is 7.59. The zero-order chi connectivity index (χ0) is 14.9. The van der Waals surface area contributed by atoms with E-state index in [-0.39, 0.29) is 5.82 Å². The van der Waals surface area contributed by atoms with E-state index < -0.39 is 0 Å². The lowest BCUT2D eigenvalue weighted by Gasteiger charge is -2.30. The Morgan fingerprint density at radius 3 is 2.55 bits per heavy atom. The highest BCUT2D eigenvalue weighted by molar-refractivity contribution is 5.68. The minimum atomic E-state index is -0.214. The van der Waals surface area contributed by atoms with Crippen LogP contribution in [0.1, 0.15) is 45.6 Å². The number of nitrogens with zero attached hydrogens (tertiary/aromatic N) is 1. The lowest BCUT2D eigenvalue weighted by Crippen LogP contribution is -2.27. The highest BCUT2D eigenvalue weighted by Crippen LogP contribution is 2.36. The van der Waals surface area contributed by atoms with Crippen LogP contribution in [-0.4, -0.2) is 13.1 Å². The Morgan fingerprint density at radius 1 is 1.20 bits per heavy atom. The Bertz CT molecular complexity index is 477. The fourth-order valence-corrected chi connectivity index (χ4v) is 3.16. The monoisotopic (exact) mass is 278 g/mol. The summed E-state index contributed by atoms with van der Waals surface area (Å²) in [5.74, 6) is 0.531. The number of nitrogen functional groups attached to an aromatic ring is 1. The van der Waals surface area contributed by atoms with Crippen LogP contribution in [0.25, 0.3) is 0 Å². The number of rotatable bonds is 1. The van der Waals surface area contributed by atoms with Crippen LogP contribution >= 0.6 is 0 Å². The van der Waals surface area contributed by atoms with Gasteiger partial charge >= 0.3 is 0 Å². The molecule has 1 aromatic rings. The first kappa shape index (κ1) is 15.1. The summed E-state index contributed by atoms with van der Waals surface area (Å²) in [6, 6.07) is 3.35. The topological polar surface area (TPSA) is 29.3 Å². The molecule has 1 aromatic carbocycles. The molecule has 0 amide bonds. The molecule has 1 atom stereocenters. The molecule has 1 heterocycles. The van der Waals surface area contributed by atoms with Crippen LogP contribution in [0.5, 0.6) is 0 Å². The molecule has 1 saturated heterocycles. The number of nitrogens with two attached hydrogens (primary N) is 1. The van der Waals surface area contributed by atoms with Gasteiger partial charge in [0.15, 0.2) is 0 Å². The van der Waals surface area contributed by atoms with Gasteiger partial charge in [-0.05, 0) is 55.2 Å². The van der Waals surface area contributed by atoms with Crippen molar-refractivity contribution in [3.63, 3.8) is 0 Å². The third-order valence-electron chi connectivity index (χ3n) is 4.60. The van der Waals surface area contributed by atoms with E-state index in [0.29, 0.717) is 16.7 Å². The molecule has 0 aromatic heterocycles. The maximum absolute atomic E-state index is 13.5. The first-order valence-corrected chi connectivity index (χ1v) is 7.59. The minimum absolute atomic E-state index is 0.214. The number of anilines is 2. The van der Waals surface area contributed by atoms with Crippen molar-refractivity contribution in [2.75, 3.05) is 23.7 Å². The molecule has 0 radical (unpaired) electrons. The van der Waals surface area contributed by atoms with Crippen LogP contribution in [0, 0.1) is 24.1 Å². The third kappa shape index (κ3) is 3.25. The third-order valence-corrected chi connectivity index (χ3v) is 4.60. The van der Waals surface area contributed by atoms with Crippen LogP contribution in [0.3, 0.4) is 0 Å². The second kappa shape index (κ2) is 5.63. The van der Waals surface area contributed by atoms with Gasteiger partial charge in [0, 0.05) is 13.1 Å². The standard InChI is InChI=1S/C17H27FN2/c1-12-10-16(15(19)11-14(12)18)20-8-5-6-13(7-9-20)17(2,3)4/h10-11,13H,5-9,19H2,1-4H3. The summed E-state index contributed by atoms with van der Waals surface area (Å²) in [6.45, 7) is 10.8. The Kier molecular flexibility index (Phi) is 4.26. The van der Waals surface area contributed by atoms with Crippen molar-refractivity contribution < 1.29 is 4.39 Å². The van der Waals surface area contributed by atoms with Gasteiger partial charge < -0.3 is 10.6 Å². The predicted molar refractivity (Wildman–Crippen MR) is 84.6 cm³/mol. The summed E-state index contributed by atoms with van der Waals surface area (Å²) in [5.41, 5.74) is 8.60. The fourth-order valence-electron chi connectivity index (χ4n) is 3.16. The van der Waals surface area contributed by atoms with E-state index in [0.717, 1.165) is 24.7 Å². The number of hydrogen-bond donors (Lipinski definition) is 1. The first-order chi connectivity index (χ1) is 9.29. The van der Waals surface area contributed by atoms with Gasteiger partial charge in [0.1, 0.15) is 5.82 Å². The molecule has 1 aliphatic rings. The molecule has 0 saturated carbocycles. The summed E-state index contributed by atoms with van der Waals surface area (Å²) < 4.78 is 13.5. The minimum Gasteiger partial charge on any atom is -0.397 e. The molecular weight excluding hydrogens is 251 g/mol. The number of benzene rings is 1. The van der Waals surface area contributed by atoms with Crippen LogP contribution < -0.4 is 10.6 Å². The predicted octanol–water partition coefficient (Wildman–Crippen LogP) is 4.37. The molecule has 2 nitrogen and oxygen atoms in total. The van der Waals surface area contributed by atoms with Crippen molar-refractivity contribution in [2.45, 2.75) is 47.0 Å². The SMILES string of the molecule is Cc1cc(N2CCCC(C(C)(C)C)CC2)c(N)cc1F. The molecule has 1 unspecified atom stereocenters. The van der Waals surface area contributed by atoms with Gasteiger partial charge in [-0.1, -0.05) is 20.8 Å². The lowest BCUT2D eigenvalue weighted by atomic mass is 9.77. The van der Waals surface area contributed by atoms with Crippen molar-refractivity contribution in [2.24, 2.45) is 11.3 Å². The molecule has 1 fully saturated rings. The molecule has 3 heteroatoms. The average molecular weight is 278 g/mol. The van der Waals surface area contributed by atoms with Gasteiger partial charge in [0.05, 0.1) is 11.4 Å². The highest BCUT2D eigenvalue weighted by atomic mass is 19.1. The second-order valence-electron chi connectivity index (χ2n) is 7.14. The van der Waals surface area contributed by atoms with E-state index in [9.17, 15) is 4.39 Å². The van der Waals surface area contributed by atoms with Gasteiger partial charge in [-0.2, -0.15) is 0 Å². The van der Waals surface area contributed by atoms with Crippen molar-refractivity contribution >= 4 is 11.4 Å². The Labute approximate surface area is 122 Å². The van der Waals surface area contributed by atoms with Crippen molar-refractivity contribution in [1.82, 2.24) is 0 Å². The van der Waals surface area contributed by atoms with E-state index in [1.165, 1.54) is 25.3 Å². The normalized spacial score (nSPS) is 20.9. The maximum atomic E-state index is 13.5. The molecule has 0 spiro atoms. The quantitative estimate of drug-likeness (QED) is 0.773. The summed E-state index contributed by atoms with van der Waals surface area (Å²) >= 11 is 0. The lowest BCUT2D eigenvalue weighted by molar-refractivity contribution is 0.220. The summed E-state index contributed by atoms with van der Waals surface area (Å²) in [6.07, 6.45) is 3.62. The van der Waals surface area contributed by atoms with Gasteiger partial charge in [-0.15, -0.1) is 0 Å². The van der Waals surface area contributed by atoms with Gasteiger partial charge in [-0.25, -0.2) is 4.39 Å². The molecule has 0 aliphatic carbocycles. The van der Waals surface area contributed by atoms with Gasteiger partial charge in [-0.3, -0.25) is 0 Å². The van der Waals surface area contributed by atoms with Gasteiger partial charge in [0.25, 0.3) is 0 Å². The summed E-state index contributed by atoms with van der Waals surface area (Å²) in [7, 11) is 0. The highest BCUT2D eigenvalue weighted by Gasteiger charge is 2.27. The smallest absolute Gasteiger partial charge is 0.128 e. The molecule has 20 heavy (non-hydrogen) atoms. The van der Waals surface area contributed by atoms with Crippen LogP contribution in [0.2, 0.25) is 0 Å². The largest absolute Gasteiger partial charge is 0.397 e. The molecular formula is C17H27FN2. The molecule has 2 N–H and O–H groups in total. The fraction of sp³-hybridized carbons (Fsp3) is 0.647. The molecule has 0 bridgehead atoms. The Hall–Kier alpha value is -1.25. The number of aryl methyl sites for hydroxylation is 1. The zero-order valence-corrected chi connectivity index (χ0v) is 13.2. The second-order valence-corrected chi connectivity index (χ2v) is 7.14. The van der Waals surface area contributed by atoms with E-state index in [4.69, 9.17) is 5.73 Å². The summed E-state index contributed by atoms with van der Waals surface area (Å²) in [5, 5.41) is 0. The average Bonchev–Trinajstić information content (AvgIpc) is 2.59.